The summed E-state index contributed by atoms with van der Waals surface area (Å²) in [5.74, 6) is 0.640. The largest absolute Gasteiger partial charge is 0.492 e. The van der Waals surface area contributed by atoms with Crippen molar-refractivity contribution in [3.8, 4) is 5.75 Å². The van der Waals surface area contributed by atoms with Gasteiger partial charge in [0.25, 0.3) is 5.56 Å². The number of aromatic nitrogens is 1. The summed E-state index contributed by atoms with van der Waals surface area (Å²) in [6.45, 7) is 3.23. The molecule has 0 radical (unpaired) electrons. The molecule has 1 rings (SSSR count). The minimum absolute atomic E-state index is 0.0375. The Labute approximate surface area is 83.5 Å². The third kappa shape index (κ3) is 2.60. The van der Waals surface area contributed by atoms with Gasteiger partial charge in [-0.3, -0.25) is 4.79 Å². The van der Waals surface area contributed by atoms with Gasteiger partial charge in [-0.05, 0) is 20.0 Å². The van der Waals surface area contributed by atoms with Crippen LogP contribution in [0.2, 0.25) is 0 Å². The van der Waals surface area contributed by atoms with Crippen molar-refractivity contribution in [2.45, 2.75) is 6.92 Å². The SMILES string of the molecule is CNCCOc1cc(C)n(C)c(=O)c1. The van der Waals surface area contributed by atoms with Crippen LogP contribution in [0.15, 0.2) is 16.9 Å². The Hall–Kier alpha value is -1.29. The molecule has 0 aliphatic rings. The molecule has 0 aliphatic heterocycles. The molecule has 1 aromatic rings. The Morgan fingerprint density at radius 1 is 1.50 bits per heavy atom. The zero-order valence-corrected chi connectivity index (χ0v) is 8.83. The molecule has 0 bridgehead atoms. The van der Waals surface area contributed by atoms with Crippen molar-refractivity contribution in [1.82, 2.24) is 9.88 Å². The summed E-state index contributed by atoms with van der Waals surface area (Å²) in [6.07, 6.45) is 0. The van der Waals surface area contributed by atoms with Crippen molar-refractivity contribution < 1.29 is 4.74 Å². The summed E-state index contributed by atoms with van der Waals surface area (Å²) >= 11 is 0. The number of rotatable bonds is 4. The van der Waals surface area contributed by atoms with Crippen LogP contribution in [0.5, 0.6) is 5.75 Å². The predicted molar refractivity (Wildman–Crippen MR) is 55.8 cm³/mol. The zero-order valence-electron chi connectivity index (χ0n) is 8.83. The summed E-state index contributed by atoms with van der Waals surface area (Å²) in [4.78, 5) is 11.4. The monoisotopic (exact) mass is 196 g/mol. The van der Waals surface area contributed by atoms with E-state index in [9.17, 15) is 4.79 Å². The highest BCUT2D eigenvalue weighted by atomic mass is 16.5. The smallest absolute Gasteiger partial charge is 0.254 e. The quantitative estimate of drug-likeness (QED) is 0.704. The van der Waals surface area contributed by atoms with E-state index in [-0.39, 0.29) is 5.56 Å². The molecule has 1 N–H and O–H groups in total. The molecule has 0 amide bonds. The van der Waals surface area contributed by atoms with Gasteiger partial charge < -0.3 is 14.6 Å². The van der Waals surface area contributed by atoms with E-state index in [0.29, 0.717) is 12.4 Å². The standard InChI is InChI=1S/C10H16N2O2/c1-8-6-9(14-5-4-11-2)7-10(13)12(8)3/h6-7,11H,4-5H2,1-3H3. The first kappa shape index (κ1) is 10.8. The molecule has 4 heteroatoms. The van der Waals surface area contributed by atoms with Crippen LogP contribution in [0.3, 0.4) is 0 Å². The highest BCUT2D eigenvalue weighted by Crippen LogP contribution is 2.08. The van der Waals surface area contributed by atoms with E-state index in [1.54, 1.807) is 11.6 Å². The number of likely N-dealkylation sites (N-methyl/N-ethyl adjacent to an activating group) is 1. The Bertz CT molecular complexity index is 358. The number of aryl methyl sites for hydroxylation is 1. The Balaban J connectivity index is 2.75. The lowest BCUT2D eigenvalue weighted by atomic mass is 10.3. The summed E-state index contributed by atoms with van der Waals surface area (Å²) in [5, 5.41) is 2.97. The van der Waals surface area contributed by atoms with Gasteiger partial charge >= 0.3 is 0 Å². The lowest BCUT2D eigenvalue weighted by molar-refractivity contribution is 0.317. The maximum absolute atomic E-state index is 11.4. The molecule has 0 fully saturated rings. The van der Waals surface area contributed by atoms with Crippen molar-refractivity contribution in [2.75, 3.05) is 20.2 Å². The van der Waals surface area contributed by atoms with E-state index < -0.39 is 0 Å². The lowest BCUT2D eigenvalue weighted by Crippen LogP contribution is -2.20. The summed E-state index contributed by atoms with van der Waals surface area (Å²) in [6, 6.07) is 3.36. The van der Waals surface area contributed by atoms with E-state index in [1.165, 1.54) is 6.07 Å². The van der Waals surface area contributed by atoms with Crippen LogP contribution in [-0.4, -0.2) is 24.8 Å². The van der Waals surface area contributed by atoms with Gasteiger partial charge in [-0.2, -0.15) is 0 Å². The van der Waals surface area contributed by atoms with Crippen LogP contribution in [0.1, 0.15) is 5.69 Å². The van der Waals surface area contributed by atoms with Crippen LogP contribution in [0.4, 0.5) is 0 Å². The molecule has 0 aliphatic carbocycles. The first-order valence-corrected chi connectivity index (χ1v) is 4.60. The second-order valence-electron chi connectivity index (χ2n) is 3.18. The average molecular weight is 196 g/mol. The Morgan fingerprint density at radius 3 is 2.79 bits per heavy atom. The molecule has 0 aromatic carbocycles. The number of hydrogen-bond acceptors (Lipinski definition) is 3. The number of nitrogens with zero attached hydrogens (tertiary/aromatic N) is 1. The van der Waals surface area contributed by atoms with E-state index in [0.717, 1.165) is 12.2 Å². The van der Waals surface area contributed by atoms with E-state index >= 15 is 0 Å². The van der Waals surface area contributed by atoms with Crippen molar-refractivity contribution in [3.05, 3.63) is 28.2 Å². The fourth-order valence-electron chi connectivity index (χ4n) is 1.09. The second-order valence-corrected chi connectivity index (χ2v) is 3.18. The van der Waals surface area contributed by atoms with E-state index in [2.05, 4.69) is 5.32 Å². The topological polar surface area (TPSA) is 43.3 Å². The molecule has 0 atom stereocenters. The minimum atomic E-state index is -0.0375. The fraction of sp³-hybridized carbons (Fsp3) is 0.500. The summed E-state index contributed by atoms with van der Waals surface area (Å²) in [7, 11) is 3.60. The van der Waals surface area contributed by atoms with Crippen molar-refractivity contribution in [1.29, 1.82) is 0 Å². The molecule has 0 unspecified atom stereocenters. The normalized spacial score (nSPS) is 10.2. The first-order chi connectivity index (χ1) is 6.65. The summed E-state index contributed by atoms with van der Waals surface area (Å²) in [5.41, 5.74) is 0.862. The maximum Gasteiger partial charge on any atom is 0.254 e. The van der Waals surface area contributed by atoms with Crippen LogP contribution in [0.25, 0.3) is 0 Å². The van der Waals surface area contributed by atoms with Gasteiger partial charge in [0.05, 0.1) is 0 Å². The van der Waals surface area contributed by atoms with E-state index in [4.69, 9.17) is 4.74 Å². The summed E-state index contributed by atoms with van der Waals surface area (Å²) < 4.78 is 6.98. The maximum atomic E-state index is 11.4. The van der Waals surface area contributed by atoms with Gasteiger partial charge in [-0.25, -0.2) is 0 Å². The Morgan fingerprint density at radius 2 is 2.21 bits per heavy atom. The van der Waals surface area contributed by atoms with Crippen molar-refractivity contribution >= 4 is 0 Å². The van der Waals surface area contributed by atoms with Gasteiger partial charge in [-0.1, -0.05) is 0 Å². The van der Waals surface area contributed by atoms with Crippen molar-refractivity contribution in [3.63, 3.8) is 0 Å². The van der Waals surface area contributed by atoms with Crippen LogP contribution < -0.4 is 15.6 Å². The van der Waals surface area contributed by atoms with Gasteiger partial charge in [0.1, 0.15) is 12.4 Å². The van der Waals surface area contributed by atoms with Crippen LogP contribution in [0, 0.1) is 6.92 Å². The third-order valence-corrected chi connectivity index (χ3v) is 2.10. The molecular weight excluding hydrogens is 180 g/mol. The van der Waals surface area contributed by atoms with Crippen LogP contribution in [-0.2, 0) is 7.05 Å². The highest BCUT2D eigenvalue weighted by molar-refractivity contribution is 5.22. The number of ether oxygens (including phenoxy) is 1. The number of pyridine rings is 1. The fourth-order valence-corrected chi connectivity index (χ4v) is 1.09. The molecule has 1 heterocycles. The van der Waals surface area contributed by atoms with Gasteiger partial charge in [-0.15, -0.1) is 0 Å². The number of nitrogens with one attached hydrogen (secondary N) is 1. The molecule has 0 saturated heterocycles. The van der Waals surface area contributed by atoms with Gasteiger partial charge in [0.15, 0.2) is 0 Å². The predicted octanol–water partition coefficient (Wildman–Crippen LogP) is 0.292. The molecule has 1 aromatic heterocycles. The van der Waals surface area contributed by atoms with Gasteiger partial charge in [0, 0.05) is 25.4 Å². The minimum Gasteiger partial charge on any atom is -0.492 e. The zero-order chi connectivity index (χ0) is 10.6. The van der Waals surface area contributed by atoms with E-state index in [1.807, 2.05) is 20.0 Å². The first-order valence-electron chi connectivity index (χ1n) is 4.60. The Kier molecular flexibility index (Phi) is 3.71. The highest BCUT2D eigenvalue weighted by Gasteiger charge is 1.99. The molecule has 0 spiro atoms. The molecule has 78 valence electrons. The second kappa shape index (κ2) is 4.81. The molecular formula is C10H16N2O2. The molecule has 4 nitrogen and oxygen atoms in total. The molecule has 14 heavy (non-hydrogen) atoms. The van der Waals surface area contributed by atoms with Crippen LogP contribution >= 0.6 is 0 Å². The lowest BCUT2D eigenvalue weighted by Gasteiger charge is -2.08. The van der Waals surface area contributed by atoms with Gasteiger partial charge in [0.2, 0.25) is 0 Å². The average Bonchev–Trinajstić information content (AvgIpc) is 2.14. The molecule has 0 saturated carbocycles. The third-order valence-electron chi connectivity index (χ3n) is 2.10. The van der Waals surface area contributed by atoms with Crippen molar-refractivity contribution in [2.24, 2.45) is 7.05 Å². The number of hydrogen-bond donors (Lipinski definition) is 1.